The molecule has 4 N–H and O–H groups in total. The number of nitrogens with zero attached hydrogens (tertiary/aromatic N) is 10. The van der Waals surface area contributed by atoms with Gasteiger partial charge >= 0.3 is 7.12 Å². The molecule has 4 aromatic rings. The van der Waals surface area contributed by atoms with E-state index in [2.05, 4.69) is 105 Å². The standard InChI is InChI=1S/C16H26BN3O2.C14H18N6.C4H4ClN3/c1-14(2)8-7-9-20(14)13-18-10-12(11-19-13)17-21-15(3,4)16(5,6)22-17;1-14(2)5-3-7-20(14)13-17-8-10(9-18-13)12-16-6-4-11(15)19-12;5-4-7-2-1-3(6)8-4/h10-11H,7-9H2,1-6H3;4,6,8-9H,3,5,7H2,1-2H3,(H2,15,16,19);1-2H,(H2,6,7,8). The monoisotopic (exact) mass is 702 g/mol. The van der Waals surface area contributed by atoms with E-state index in [4.69, 9.17) is 32.4 Å². The Kier molecular flexibility index (Phi) is 10.8. The molecule has 7 rings (SSSR count). The van der Waals surface area contributed by atoms with Gasteiger partial charge in [-0.2, -0.15) is 0 Å². The van der Waals surface area contributed by atoms with Gasteiger partial charge in [0, 0.05) is 66.8 Å². The molecule has 266 valence electrons. The van der Waals surface area contributed by atoms with E-state index in [-0.39, 0.29) is 27.6 Å². The van der Waals surface area contributed by atoms with Crippen LogP contribution >= 0.6 is 11.6 Å². The summed E-state index contributed by atoms with van der Waals surface area (Å²) in [7, 11) is -0.398. The molecule has 4 aromatic heterocycles. The second-order valence-corrected chi connectivity index (χ2v) is 15.2. The lowest BCUT2D eigenvalue weighted by molar-refractivity contribution is 0.00578. The van der Waals surface area contributed by atoms with E-state index in [9.17, 15) is 0 Å². The Morgan fingerprint density at radius 3 is 1.52 bits per heavy atom. The largest absolute Gasteiger partial charge is 0.498 e. The Bertz CT molecular complexity index is 1710. The third-order valence-corrected chi connectivity index (χ3v) is 9.87. The van der Waals surface area contributed by atoms with E-state index in [0.717, 1.165) is 42.4 Å². The average molecular weight is 703 g/mol. The minimum absolute atomic E-state index is 0.120. The smallest absolute Gasteiger partial charge is 0.399 e. The van der Waals surface area contributed by atoms with Gasteiger partial charge in [0.2, 0.25) is 17.2 Å². The van der Waals surface area contributed by atoms with Crippen molar-refractivity contribution in [1.29, 1.82) is 0 Å². The molecule has 3 aliphatic rings. The third kappa shape index (κ3) is 8.56. The van der Waals surface area contributed by atoms with Gasteiger partial charge in [-0.05, 0) is 105 Å². The summed E-state index contributed by atoms with van der Waals surface area (Å²) >= 11 is 5.34. The number of anilines is 4. The van der Waals surface area contributed by atoms with Crippen LogP contribution in [0, 0.1) is 0 Å². The van der Waals surface area contributed by atoms with Crippen molar-refractivity contribution >= 4 is 47.7 Å². The fraction of sp³-hybridized carbons (Fsp3) is 0.529. The van der Waals surface area contributed by atoms with Gasteiger partial charge < -0.3 is 30.6 Å². The molecule has 3 saturated heterocycles. The van der Waals surface area contributed by atoms with E-state index in [1.165, 1.54) is 25.5 Å². The first-order chi connectivity index (χ1) is 23.5. The van der Waals surface area contributed by atoms with Crippen LogP contribution in [0.2, 0.25) is 5.28 Å². The molecule has 0 saturated carbocycles. The first kappa shape index (κ1) is 37.1. The van der Waals surface area contributed by atoms with Crippen LogP contribution in [0.3, 0.4) is 0 Å². The zero-order chi connectivity index (χ0) is 36.3. The summed E-state index contributed by atoms with van der Waals surface area (Å²) in [4.78, 5) is 38.1. The third-order valence-electron chi connectivity index (χ3n) is 9.69. The van der Waals surface area contributed by atoms with Gasteiger partial charge in [0.15, 0.2) is 5.82 Å². The molecule has 0 radical (unpaired) electrons. The Labute approximate surface area is 300 Å². The van der Waals surface area contributed by atoms with Crippen molar-refractivity contribution in [2.75, 3.05) is 34.4 Å². The highest BCUT2D eigenvalue weighted by Gasteiger charge is 2.52. The van der Waals surface area contributed by atoms with Gasteiger partial charge in [0.1, 0.15) is 11.6 Å². The molecule has 3 fully saturated rings. The summed E-state index contributed by atoms with van der Waals surface area (Å²) in [6.07, 6.45) is 15.0. The Morgan fingerprint density at radius 2 is 1.12 bits per heavy atom. The second-order valence-electron chi connectivity index (χ2n) is 14.9. The van der Waals surface area contributed by atoms with Crippen LogP contribution < -0.4 is 26.7 Å². The summed E-state index contributed by atoms with van der Waals surface area (Å²) in [5.74, 6) is 2.95. The molecule has 50 heavy (non-hydrogen) atoms. The number of rotatable bonds is 4. The molecule has 14 nitrogen and oxygen atoms in total. The van der Waals surface area contributed by atoms with E-state index < -0.39 is 7.12 Å². The highest BCUT2D eigenvalue weighted by atomic mass is 35.5. The van der Waals surface area contributed by atoms with Gasteiger partial charge in [-0.15, -0.1) is 0 Å². The van der Waals surface area contributed by atoms with Gasteiger partial charge in [0.05, 0.1) is 16.8 Å². The van der Waals surface area contributed by atoms with Crippen molar-refractivity contribution in [3.63, 3.8) is 0 Å². The van der Waals surface area contributed by atoms with Gasteiger partial charge in [-0.1, -0.05) is 0 Å². The van der Waals surface area contributed by atoms with E-state index in [0.29, 0.717) is 17.5 Å². The maximum Gasteiger partial charge on any atom is 0.498 e. The highest BCUT2D eigenvalue weighted by Crippen LogP contribution is 2.37. The lowest BCUT2D eigenvalue weighted by Crippen LogP contribution is -2.41. The van der Waals surface area contributed by atoms with E-state index in [1.807, 2.05) is 12.4 Å². The predicted molar refractivity (Wildman–Crippen MR) is 198 cm³/mol. The van der Waals surface area contributed by atoms with Crippen LogP contribution in [0.4, 0.5) is 23.5 Å². The van der Waals surface area contributed by atoms with Crippen LogP contribution in [0.1, 0.15) is 81.1 Å². The van der Waals surface area contributed by atoms with Gasteiger partial charge in [0.25, 0.3) is 0 Å². The quantitative estimate of drug-likeness (QED) is 0.219. The van der Waals surface area contributed by atoms with Crippen LogP contribution in [-0.4, -0.2) is 82.4 Å². The lowest BCUT2D eigenvalue weighted by atomic mass is 9.81. The van der Waals surface area contributed by atoms with Gasteiger partial charge in [-0.3, -0.25) is 0 Å². The maximum absolute atomic E-state index is 6.04. The molecule has 0 aromatic carbocycles. The molecule has 0 aliphatic carbocycles. The maximum atomic E-state index is 6.04. The molecule has 0 amide bonds. The van der Waals surface area contributed by atoms with Crippen molar-refractivity contribution in [3.8, 4) is 11.4 Å². The minimum atomic E-state index is -0.398. The van der Waals surface area contributed by atoms with Crippen molar-refractivity contribution in [1.82, 2.24) is 39.9 Å². The Hall–Kier alpha value is -4.21. The van der Waals surface area contributed by atoms with Crippen LogP contribution in [0.25, 0.3) is 11.4 Å². The normalized spacial score (nSPS) is 19.7. The molecule has 7 heterocycles. The Balaban J connectivity index is 0.000000160. The first-order valence-electron chi connectivity index (χ1n) is 16.9. The lowest BCUT2D eigenvalue weighted by Gasteiger charge is -2.32. The van der Waals surface area contributed by atoms with Crippen LogP contribution in [0.15, 0.2) is 49.3 Å². The molecular weight excluding hydrogens is 655 g/mol. The summed E-state index contributed by atoms with van der Waals surface area (Å²) in [6.45, 7) is 19.1. The summed E-state index contributed by atoms with van der Waals surface area (Å²) < 4.78 is 12.1. The van der Waals surface area contributed by atoms with Crippen molar-refractivity contribution in [2.45, 2.75) is 103 Å². The predicted octanol–water partition coefficient (Wildman–Crippen LogP) is 4.76. The Morgan fingerprint density at radius 1 is 0.660 bits per heavy atom. The average Bonchev–Trinajstić information content (AvgIpc) is 3.67. The number of nitrogen functional groups attached to an aromatic ring is 2. The van der Waals surface area contributed by atoms with E-state index in [1.54, 1.807) is 30.7 Å². The number of nitrogens with two attached hydrogens (primary N) is 2. The van der Waals surface area contributed by atoms with E-state index >= 15 is 0 Å². The van der Waals surface area contributed by atoms with Crippen molar-refractivity contribution in [2.24, 2.45) is 0 Å². The van der Waals surface area contributed by atoms with Crippen LogP contribution in [-0.2, 0) is 9.31 Å². The molecule has 0 spiro atoms. The summed E-state index contributed by atoms with van der Waals surface area (Å²) in [6, 6.07) is 3.23. The fourth-order valence-electron chi connectivity index (χ4n) is 5.96. The summed E-state index contributed by atoms with van der Waals surface area (Å²) in [5, 5.41) is 0.185. The zero-order valence-electron chi connectivity index (χ0n) is 30.3. The fourth-order valence-corrected chi connectivity index (χ4v) is 6.12. The van der Waals surface area contributed by atoms with Crippen molar-refractivity contribution < 1.29 is 9.31 Å². The number of hydrogen-bond donors (Lipinski definition) is 2. The van der Waals surface area contributed by atoms with Crippen molar-refractivity contribution in [3.05, 3.63) is 54.6 Å². The SMILES string of the molecule is CC1(C)CCCN1c1ncc(-c2nccc(N)n2)cn1.CC1(C)CCCN1c1ncc(B2OC(C)(C)C(C)(C)O2)cn1.Nc1ccnc(Cl)n1. The molecule has 3 aliphatic heterocycles. The number of halogens is 1. The zero-order valence-corrected chi connectivity index (χ0v) is 31.0. The molecule has 0 bridgehead atoms. The molecule has 0 unspecified atom stereocenters. The molecular formula is C34H48BClN12O2. The second kappa shape index (κ2) is 14.6. The molecule has 0 atom stereocenters. The number of hydrogen-bond acceptors (Lipinski definition) is 14. The van der Waals surface area contributed by atoms with Crippen LogP contribution in [0.5, 0.6) is 0 Å². The molecule has 16 heteroatoms. The topological polar surface area (TPSA) is 180 Å². The van der Waals surface area contributed by atoms with Gasteiger partial charge in [-0.25, -0.2) is 39.9 Å². The number of aromatic nitrogens is 8. The summed E-state index contributed by atoms with van der Waals surface area (Å²) in [5.41, 5.74) is 12.1. The minimum Gasteiger partial charge on any atom is -0.399 e. The first-order valence-corrected chi connectivity index (χ1v) is 17.2. The highest BCUT2D eigenvalue weighted by molar-refractivity contribution is 6.61.